The van der Waals surface area contributed by atoms with E-state index in [1.807, 2.05) is 42.5 Å². The second kappa shape index (κ2) is 5.23. The summed E-state index contributed by atoms with van der Waals surface area (Å²) in [5, 5.41) is 10.1. The summed E-state index contributed by atoms with van der Waals surface area (Å²) < 4.78 is 0.929. The average molecular weight is 278 g/mol. The van der Waals surface area contributed by atoms with Gasteiger partial charge in [0.15, 0.2) is 0 Å². The van der Waals surface area contributed by atoms with Gasteiger partial charge in [0, 0.05) is 22.8 Å². The molecule has 0 fully saturated rings. The van der Waals surface area contributed by atoms with E-state index in [1.54, 1.807) is 6.20 Å². The first-order chi connectivity index (χ1) is 7.77. The Bertz CT molecular complexity index is 458. The standard InChI is InChI=1S/C13H12BrNO/c14-12-7-2-1-6-11(12)13(16)9-10-5-3-4-8-15-10/h1-8,13,16H,9H2. The van der Waals surface area contributed by atoms with E-state index >= 15 is 0 Å². The zero-order valence-electron chi connectivity index (χ0n) is 8.68. The van der Waals surface area contributed by atoms with Crippen molar-refractivity contribution in [1.82, 2.24) is 4.98 Å². The SMILES string of the molecule is OC(Cc1ccccn1)c1ccccc1Br. The van der Waals surface area contributed by atoms with Crippen LogP contribution in [0.1, 0.15) is 17.4 Å². The summed E-state index contributed by atoms with van der Waals surface area (Å²) in [6.45, 7) is 0. The number of aliphatic hydroxyl groups is 1. The van der Waals surface area contributed by atoms with Crippen molar-refractivity contribution >= 4 is 15.9 Å². The van der Waals surface area contributed by atoms with Crippen LogP contribution in [0.25, 0.3) is 0 Å². The Morgan fingerprint density at radius 2 is 1.88 bits per heavy atom. The highest BCUT2D eigenvalue weighted by molar-refractivity contribution is 9.10. The van der Waals surface area contributed by atoms with Crippen LogP contribution in [-0.4, -0.2) is 10.1 Å². The van der Waals surface area contributed by atoms with Crippen LogP contribution in [0.5, 0.6) is 0 Å². The van der Waals surface area contributed by atoms with Crippen molar-refractivity contribution in [3.63, 3.8) is 0 Å². The number of hydrogen-bond donors (Lipinski definition) is 1. The highest BCUT2D eigenvalue weighted by atomic mass is 79.9. The van der Waals surface area contributed by atoms with Crippen molar-refractivity contribution in [3.05, 3.63) is 64.4 Å². The molecule has 0 aliphatic rings. The zero-order valence-corrected chi connectivity index (χ0v) is 10.3. The third-order valence-electron chi connectivity index (χ3n) is 2.39. The average Bonchev–Trinajstić information content (AvgIpc) is 2.31. The molecule has 0 aliphatic carbocycles. The number of pyridine rings is 1. The fourth-order valence-corrected chi connectivity index (χ4v) is 2.12. The summed E-state index contributed by atoms with van der Waals surface area (Å²) >= 11 is 3.43. The van der Waals surface area contributed by atoms with Crippen molar-refractivity contribution in [2.45, 2.75) is 12.5 Å². The molecule has 0 bridgehead atoms. The minimum Gasteiger partial charge on any atom is -0.388 e. The molecule has 3 heteroatoms. The normalized spacial score (nSPS) is 12.4. The molecule has 0 radical (unpaired) electrons. The number of aromatic nitrogens is 1. The van der Waals surface area contributed by atoms with Gasteiger partial charge in [-0.2, -0.15) is 0 Å². The molecule has 0 saturated heterocycles. The van der Waals surface area contributed by atoms with Gasteiger partial charge in [-0.1, -0.05) is 40.2 Å². The summed E-state index contributed by atoms with van der Waals surface area (Å²) in [4.78, 5) is 4.20. The van der Waals surface area contributed by atoms with E-state index in [-0.39, 0.29) is 0 Å². The predicted molar refractivity (Wildman–Crippen MR) is 67.0 cm³/mol. The lowest BCUT2D eigenvalue weighted by Gasteiger charge is -2.12. The van der Waals surface area contributed by atoms with Gasteiger partial charge in [-0.3, -0.25) is 4.98 Å². The minimum absolute atomic E-state index is 0.523. The van der Waals surface area contributed by atoms with Gasteiger partial charge in [-0.15, -0.1) is 0 Å². The fraction of sp³-hybridized carbons (Fsp3) is 0.154. The first-order valence-corrected chi connectivity index (χ1v) is 5.89. The molecule has 0 amide bonds. The first kappa shape index (κ1) is 11.3. The third-order valence-corrected chi connectivity index (χ3v) is 3.12. The molecule has 0 saturated carbocycles. The molecule has 2 rings (SSSR count). The summed E-state index contributed by atoms with van der Waals surface area (Å²) in [6.07, 6.45) is 1.75. The van der Waals surface area contributed by atoms with Crippen LogP contribution in [0.2, 0.25) is 0 Å². The van der Waals surface area contributed by atoms with Crippen LogP contribution in [-0.2, 0) is 6.42 Å². The molecular formula is C13H12BrNO. The molecule has 16 heavy (non-hydrogen) atoms. The molecule has 1 N–H and O–H groups in total. The van der Waals surface area contributed by atoms with Gasteiger partial charge < -0.3 is 5.11 Å². The molecule has 1 aromatic carbocycles. The largest absolute Gasteiger partial charge is 0.388 e. The van der Waals surface area contributed by atoms with E-state index in [1.165, 1.54) is 0 Å². The van der Waals surface area contributed by atoms with Gasteiger partial charge in [-0.05, 0) is 23.8 Å². The maximum absolute atomic E-state index is 10.1. The Balaban J connectivity index is 2.15. The third kappa shape index (κ3) is 2.68. The Hall–Kier alpha value is -1.19. The van der Waals surface area contributed by atoms with E-state index in [4.69, 9.17) is 0 Å². The highest BCUT2D eigenvalue weighted by Gasteiger charge is 2.11. The van der Waals surface area contributed by atoms with Crippen LogP contribution in [0, 0.1) is 0 Å². The number of aliphatic hydroxyl groups excluding tert-OH is 1. The van der Waals surface area contributed by atoms with Crippen LogP contribution in [0.15, 0.2) is 53.1 Å². The fourth-order valence-electron chi connectivity index (χ4n) is 1.57. The summed E-state index contributed by atoms with van der Waals surface area (Å²) in [5.74, 6) is 0. The lowest BCUT2D eigenvalue weighted by atomic mass is 10.0. The molecule has 1 heterocycles. The zero-order chi connectivity index (χ0) is 11.4. The van der Waals surface area contributed by atoms with E-state index in [0.717, 1.165) is 15.7 Å². The molecule has 0 spiro atoms. The number of hydrogen-bond acceptors (Lipinski definition) is 2. The monoisotopic (exact) mass is 277 g/mol. The van der Waals surface area contributed by atoms with Gasteiger partial charge in [0.1, 0.15) is 0 Å². The minimum atomic E-state index is -0.523. The first-order valence-electron chi connectivity index (χ1n) is 5.10. The number of rotatable bonds is 3. The van der Waals surface area contributed by atoms with Crippen molar-refractivity contribution in [3.8, 4) is 0 Å². The molecule has 1 unspecified atom stereocenters. The summed E-state index contributed by atoms with van der Waals surface area (Å²) in [6, 6.07) is 13.4. The Kier molecular flexibility index (Phi) is 3.70. The van der Waals surface area contributed by atoms with Crippen molar-refractivity contribution in [1.29, 1.82) is 0 Å². The Morgan fingerprint density at radius 3 is 2.56 bits per heavy atom. The van der Waals surface area contributed by atoms with E-state index < -0.39 is 6.10 Å². The number of halogens is 1. The molecule has 1 aromatic heterocycles. The maximum Gasteiger partial charge on any atom is 0.0856 e. The molecule has 2 nitrogen and oxygen atoms in total. The summed E-state index contributed by atoms with van der Waals surface area (Å²) in [7, 11) is 0. The Morgan fingerprint density at radius 1 is 1.12 bits per heavy atom. The van der Waals surface area contributed by atoms with E-state index in [9.17, 15) is 5.11 Å². The van der Waals surface area contributed by atoms with E-state index in [0.29, 0.717) is 6.42 Å². The molecule has 2 aromatic rings. The quantitative estimate of drug-likeness (QED) is 0.935. The van der Waals surface area contributed by atoms with Gasteiger partial charge in [0.25, 0.3) is 0 Å². The van der Waals surface area contributed by atoms with E-state index in [2.05, 4.69) is 20.9 Å². The molecule has 82 valence electrons. The maximum atomic E-state index is 10.1. The highest BCUT2D eigenvalue weighted by Crippen LogP contribution is 2.25. The van der Waals surface area contributed by atoms with Gasteiger partial charge in [0.05, 0.1) is 6.10 Å². The van der Waals surface area contributed by atoms with Crippen LogP contribution >= 0.6 is 15.9 Å². The number of benzene rings is 1. The van der Waals surface area contributed by atoms with Crippen LogP contribution < -0.4 is 0 Å². The van der Waals surface area contributed by atoms with Crippen molar-refractivity contribution in [2.24, 2.45) is 0 Å². The lowest BCUT2D eigenvalue weighted by molar-refractivity contribution is 0.176. The topological polar surface area (TPSA) is 33.1 Å². The number of nitrogens with zero attached hydrogens (tertiary/aromatic N) is 1. The van der Waals surface area contributed by atoms with Gasteiger partial charge >= 0.3 is 0 Å². The second-order valence-electron chi connectivity index (χ2n) is 3.56. The molecule has 1 atom stereocenters. The van der Waals surface area contributed by atoms with Crippen LogP contribution in [0.4, 0.5) is 0 Å². The second-order valence-corrected chi connectivity index (χ2v) is 4.42. The van der Waals surface area contributed by atoms with Gasteiger partial charge in [-0.25, -0.2) is 0 Å². The van der Waals surface area contributed by atoms with Crippen LogP contribution in [0.3, 0.4) is 0 Å². The molecule has 0 aliphatic heterocycles. The predicted octanol–water partition coefficient (Wildman–Crippen LogP) is 3.12. The Labute approximate surface area is 103 Å². The lowest BCUT2D eigenvalue weighted by Crippen LogP contribution is -2.03. The van der Waals surface area contributed by atoms with Gasteiger partial charge in [0.2, 0.25) is 0 Å². The molecular weight excluding hydrogens is 266 g/mol. The summed E-state index contributed by atoms with van der Waals surface area (Å²) in [5.41, 5.74) is 1.79. The van der Waals surface area contributed by atoms with Crippen molar-refractivity contribution in [2.75, 3.05) is 0 Å². The van der Waals surface area contributed by atoms with Crippen molar-refractivity contribution < 1.29 is 5.11 Å². The smallest absolute Gasteiger partial charge is 0.0856 e.